The number of fused-ring (bicyclic) bond motifs is 4. The third-order valence-corrected chi connectivity index (χ3v) is 9.89. The average molecular weight is 820 g/mol. The van der Waals surface area contributed by atoms with E-state index in [9.17, 15) is 0 Å². The summed E-state index contributed by atoms with van der Waals surface area (Å²) in [5.74, 6) is 0.708. The molecule has 0 aliphatic rings. The minimum atomic E-state index is -2.16. The van der Waals surface area contributed by atoms with Crippen LogP contribution in [-0.2, 0) is 33.0 Å². The maximum Gasteiger partial charge on any atom is 0.216 e. The maximum atomic E-state index is 8.59. The molecule has 0 aliphatic carbocycles. The van der Waals surface area contributed by atoms with Crippen LogP contribution in [0.1, 0.15) is 44.4 Å². The zero-order valence-electron chi connectivity index (χ0n) is 32.8. The van der Waals surface area contributed by atoms with Crippen molar-refractivity contribution in [3.8, 4) is 22.6 Å². The third kappa shape index (κ3) is 7.18. The van der Waals surface area contributed by atoms with Gasteiger partial charge in [0.1, 0.15) is 0 Å². The van der Waals surface area contributed by atoms with Crippen LogP contribution < -0.4 is 5.19 Å². The van der Waals surface area contributed by atoms with Crippen LogP contribution in [-0.4, -0.2) is 27.6 Å². The summed E-state index contributed by atoms with van der Waals surface area (Å²) in [4.78, 5) is 13.9. The SMILES string of the molecule is CCn1c(-c2[c-]ccc3c2oc2nc(C)ccc23)nc2ccccc21.[2H]C([2H])([2H])c1c[c-]c(-c2cc(C([2H])([2H])C(C)C)c([Si](C)(C)C)cn2)cc1.[Ir]. The van der Waals surface area contributed by atoms with E-state index in [0.29, 0.717) is 22.5 Å². The van der Waals surface area contributed by atoms with Gasteiger partial charge in [0, 0.05) is 50.8 Å². The molecule has 0 amide bonds. The van der Waals surface area contributed by atoms with Gasteiger partial charge in [0.2, 0.25) is 5.71 Å². The molecule has 0 saturated heterocycles. The summed E-state index contributed by atoms with van der Waals surface area (Å²) < 4.78 is 47.9. The quantitative estimate of drug-likeness (QED) is 0.124. The first-order valence-electron chi connectivity index (χ1n) is 18.2. The number of imidazole rings is 1. The van der Waals surface area contributed by atoms with Crippen LogP contribution in [0, 0.1) is 31.8 Å². The Balaban J connectivity index is 0.000000197. The van der Waals surface area contributed by atoms with Gasteiger partial charge in [0.15, 0.2) is 0 Å². The minimum absolute atomic E-state index is 0. The van der Waals surface area contributed by atoms with E-state index in [2.05, 4.69) is 65.4 Å². The molecule has 0 unspecified atom stereocenters. The standard InChI is InChI=1S/C21H16N3O.C19H26NSi.Ir/c1-3-24-18-10-5-4-9-17(18)23-20(24)16-8-6-7-14-15-12-11-13(2)22-21(15)25-19(14)16;1-14(2)11-17-12-18(16-9-7-15(3)8-10-16)20-13-19(17)21(4,5)6;/h4-7,9-12H,3H2,1-2H3;7-9,12-14H,11H2,1-6H3;/q2*-1;/i;3D3,11D2;. The molecule has 0 bridgehead atoms. The number of hydrogen-bond acceptors (Lipinski definition) is 4. The molecule has 0 atom stereocenters. The summed E-state index contributed by atoms with van der Waals surface area (Å²) in [6.45, 7) is 13.1. The Morgan fingerprint density at radius 3 is 2.51 bits per heavy atom. The molecular formula is C40H42IrN4OSi-2. The number of furan rings is 1. The fourth-order valence-electron chi connectivity index (χ4n) is 5.68. The van der Waals surface area contributed by atoms with E-state index in [0.717, 1.165) is 56.2 Å². The molecule has 4 heterocycles. The number of aryl methyl sites for hydroxylation is 3. The van der Waals surface area contributed by atoms with Gasteiger partial charge >= 0.3 is 0 Å². The molecule has 7 heteroatoms. The van der Waals surface area contributed by atoms with E-state index < -0.39 is 21.3 Å². The molecule has 0 fully saturated rings. The smallest absolute Gasteiger partial charge is 0.216 e. The van der Waals surface area contributed by atoms with E-state index in [4.69, 9.17) is 16.3 Å². The van der Waals surface area contributed by atoms with E-state index in [1.165, 1.54) is 6.07 Å². The van der Waals surface area contributed by atoms with Gasteiger partial charge in [-0.25, -0.2) is 4.98 Å². The normalized spacial score (nSPS) is 13.7. The van der Waals surface area contributed by atoms with E-state index >= 15 is 0 Å². The van der Waals surface area contributed by atoms with Crippen LogP contribution in [0.5, 0.6) is 0 Å². The molecule has 4 aromatic heterocycles. The Labute approximate surface area is 299 Å². The summed E-state index contributed by atoms with van der Waals surface area (Å²) in [5.41, 5.74) is 7.58. The van der Waals surface area contributed by atoms with Gasteiger partial charge in [-0.05, 0) is 61.3 Å². The second-order valence-corrected chi connectivity index (χ2v) is 17.9. The van der Waals surface area contributed by atoms with Gasteiger partial charge in [0.05, 0.1) is 30.5 Å². The summed E-state index contributed by atoms with van der Waals surface area (Å²) >= 11 is 0. The predicted molar refractivity (Wildman–Crippen MR) is 194 cm³/mol. The first-order chi connectivity index (χ1) is 24.0. The zero-order valence-corrected chi connectivity index (χ0v) is 31.2. The number of benzene rings is 3. The number of nitrogens with zero attached hydrogens (tertiary/aromatic N) is 4. The molecule has 47 heavy (non-hydrogen) atoms. The van der Waals surface area contributed by atoms with Gasteiger partial charge in [-0.1, -0.05) is 75.1 Å². The number of para-hydroxylation sites is 2. The van der Waals surface area contributed by atoms with Gasteiger partial charge in [-0.2, -0.15) is 0 Å². The summed E-state index contributed by atoms with van der Waals surface area (Å²) in [6.07, 6.45) is 0.328. The Hall–Kier alpha value is -3.90. The Bertz CT molecular complexity index is 2360. The number of pyridine rings is 2. The summed E-state index contributed by atoms with van der Waals surface area (Å²) in [6, 6.07) is 29.1. The van der Waals surface area contributed by atoms with Crippen molar-refractivity contribution in [3.63, 3.8) is 0 Å². The molecule has 0 spiro atoms. The molecule has 0 saturated carbocycles. The van der Waals surface area contributed by atoms with Crippen molar-refractivity contribution in [2.75, 3.05) is 0 Å². The maximum absolute atomic E-state index is 8.59. The molecular weight excluding hydrogens is 773 g/mol. The van der Waals surface area contributed by atoms with Crippen molar-refractivity contribution in [3.05, 3.63) is 108 Å². The minimum Gasteiger partial charge on any atom is -0.486 e. The fourth-order valence-corrected chi connectivity index (χ4v) is 7.09. The van der Waals surface area contributed by atoms with E-state index in [1.807, 2.05) is 63.2 Å². The monoisotopic (exact) mass is 820 g/mol. The second-order valence-electron chi connectivity index (χ2n) is 12.8. The molecule has 1 radical (unpaired) electrons. The Kier molecular flexibility index (Phi) is 8.42. The number of hydrogen-bond donors (Lipinski definition) is 0. The van der Waals surface area contributed by atoms with Gasteiger partial charge in [0.25, 0.3) is 0 Å². The fraction of sp³-hybridized carbons (Fsp3) is 0.275. The molecule has 243 valence electrons. The molecule has 7 rings (SSSR count). The molecule has 0 aliphatic heterocycles. The number of rotatable bonds is 6. The largest absolute Gasteiger partial charge is 0.486 e. The van der Waals surface area contributed by atoms with Crippen molar-refractivity contribution < 1.29 is 31.4 Å². The van der Waals surface area contributed by atoms with Crippen LogP contribution in [0.25, 0.3) is 55.7 Å². The zero-order chi connectivity index (χ0) is 36.9. The number of aromatic nitrogens is 4. The van der Waals surface area contributed by atoms with Gasteiger partial charge < -0.3 is 14.0 Å². The predicted octanol–water partition coefficient (Wildman–Crippen LogP) is 9.72. The average Bonchev–Trinajstić information content (AvgIpc) is 3.65. The second kappa shape index (κ2) is 14.1. The topological polar surface area (TPSA) is 56.7 Å². The van der Waals surface area contributed by atoms with Gasteiger partial charge in [-0.3, -0.25) is 4.98 Å². The molecule has 3 aromatic carbocycles. The van der Waals surface area contributed by atoms with Crippen molar-refractivity contribution in [2.45, 2.75) is 67.1 Å². The molecule has 0 N–H and O–H groups in total. The summed E-state index contributed by atoms with van der Waals surface area (Å²) in [7, 11) is -1.78. The van der Waals surface area contributed by atoms with Crippen LogP contribution in [0.15, 0.2) is 83.4 Å². The van der Waals surface area contributed by atoms with E-state index in [1.54, 1.807) is 18.3 Å². The van der Waals surface area contributed by atoms with Gasteiger partial charge in [-0.15, -0.1) is 53.6 Å². The van der Waals surface area contributed by atoms with Crippen LogP contribution >= 0.6 is 0 Å². The summed E-state index contributed by atoms with van der Waals surface area (Å²) in [5, 5.41) is 3.08. The van der Waals surface area contributed by atoms with Crippen molar-refractivity contribution >= 4 is 46.4 Å². The van der Waals surface area contributed by atoms with Crippen LogP contribution in [0.3, 0.4) is 0 Å². The first-order valence-corrected chi connectivity index (χ1v) is 19.2. The third-order valence-electron chi connectivity index (χ3n) is 7.88. The van der Waals surface area contributed by atoms with Crippen molar-refractivity contribution in [1.29, 1.82) is 0 Å². The Morgan fingerprint density at radius 2 is 1.81 bits per heavy atom. The molecule has 5 nitrogen and oxygen atoms in total. The van der Waals surface area contributed by atoms with E-state index in [-0.39, 0.29) is 31.6 Å². The van der Waals surface area contributed by atoms with Crippen molar-refractivity contribution in [2.24, 2.45) is 5.92 Å². The first kappa shape index (κ1) is 28.1. The van der Waals surface area contributed by atoms with Crippen molar-refractivity contribution in [1.82, 2.24) is 19.5 Å². The Morgan fingerprint density at radius 1 is 1.00 bits per heavy atom. The molecule has 7 aromatic rings. The van der Waals surface area contributed by atoms with Crippen LogP contribution in [0.4, 0.5) is 0 Å². The van der Waals surface area contributed by atoms with Crippen LogP contribution in [0.2, 0.25) is 19.6 Å².